The number of aryl methyl sites for hydroxylation is 1. The lowest BCUT2D eigenvalue weighted by Crippen LogP contribution is -2.11. The Morgan fingerprint density at radius 3 is 2.48 bits per heavy atom. The summed E-state index contributed by atoms with van der Waals surface area (Å²) in [5, 5.41) is 5.18. The van der Waals surface area contributed by atoms with Gasteiger partial charge in [0.05, 0.1) is 29.4 Å². The van der Waals surface area contributed by atoms with Crippen molar-refractivity contribution in [1.29, 1.82) is 0 Å². The highest BCUT2D eigenvalue weighted by molar-refractivity contribution is 9.10. The summed E-state index contributed by atoms with van der Waals surface area (Å²) < 4.78 is 36.3. The van der Waals surface area contributed by atoms with Crippen molar-refractivity contribution >= 4 is 46.9 Å². The average Bonchev–Trinajstić information content (AvgIpc) is 3.35. The highest BCUT2D eigenvalue weighted by atomic mass is 79.9. The number of pyridine rings is 1. The average molecular weight is 552 g/mol. The Morgan fingerprint density at radius 1 is 1.06 bits per heavy atom. The fraction of sp³-hybridized carbons (Fsp3) is 0.304. The number of nitrogens with zero attached hydrogens (tertiary/aromatic N) is 4. The van der Waals surface area contributed by atoms with E-state index in [2.05, 4.69) is 44.8 Å². The first-order valence-corrected chi connectivity index (χ1v) is 15.6. The minimum Gasteiger partial charge on any atom is -0.358 e. The predicted molar refractivity (Wildman–Crippen MR) is 139 cm³/mol. The summed E-state index contributed by atoms with van der Waals surface area (Å²) >= 11 is 3.41. The van der Waals surface area contributed by atoms with E-state index < -0.39 is 20.1 Å². The molecule has 0 saturated carbocycles. The highest BCUT2D eigenvalue weighted by Gasteiger charge is 2.23. The van der Waals surface area contributed by atoms with Crippen LogP contribution in [0.4, 0.5) is 0 Å². The molecule has 33 heavy (non-hydrogen) atoms. The first-order chi connectivity index (χ1) is 15.5. The van der Waals surface area contributed by atoms with Crippen LogP contribution in [0.25, 0.3) is 22.0 Å². The Kier molecular flexibility index (Phi) is 6.73. The molecule has 0 unspecified atom stereocenters. The molecule has 0 amide bonds. The number of rotatable bonds is 8. The molecular formula is C23H27BrN4O3S2. The topological polar surface area (TPSA) is 79.0 Å². The van der Waals surface area contributed by atoms with Crippen molar-refractivity contribution in [2.75, 3.05) is 31.1 Å². The molecule has 1 aromatic carbocycles. The van der Waals surface area contributed by atoms with Crippen LogP contribution in [0.1, 0.15) is 5.56 Å². The number of fused-ring (bicyclic) bond motifs is 1. The molecule has 10 heteroatoms. The van der Waals surface area contributed by atoms with Gasteiger partial charge in [0.2, 0.25) is 0 Å². The van der Waals surface area contributed by atoms with Crippen LogP contribution in [-0.2, 0) is 21.5 Å². The van der Waals surface area contributed by atoms with Gasteiger partial charge in [0.15, 0.2) is 0 Å². The molecule has 7 nitrogen and oxygen atoms in total. The normalized spacial score (nSPS) is 13.0. The van der Waals surface area contributed by atoms with Gasteiger partial charge in [0, 0.05) is 34.7 Å². The van der Waals surface area contributed by atoms with Crippen LogP contribution >= 0.6 is 26.0 Å². The molecule has 0 radical (unpaired) electrons. The van der Waals surface area contributed by atoms with Crippen molar-refractivity contribution in [2.24, 2.45) is 0 Å². The standard InChI is InChI=1S/C23H27BrN4O3S2/c1-17-5-7-19(8-6-17)33(29,30)28-15-21(20-11-23(24)25-13-22(20)28)18-12-26-27(14-18)16-31-9-10-32(2,3)4/h5-8,11-15H,9-10,16H2,1-4H3. The van der Waals surface area contributed by atoms with E-state index in [1.807, 2.05) is 19.2 Å². The van der Waals surface area contributed by atoms with E-state index in [-0.39, 0.29) is 4.90 Å². The van der Waals surface area contributed by atoms with E-state index in [9.17, 15) is 8.42 Å². The first kappa shape index (κ1) is 24.0. The lowest BCUT2D eigenvalue weighted by Gasteiger charge is -2.24. The Labute approximate surface area is 204 Å². The maximum Gasteiger partial charge on any atom is 0.268 e. The van der Waals surface area contributed by atoms with Crippen LogP contribution in [0.5, 0.6) is 0 Å². The summed E-state index contributed by atoms with van der Waals surface area (Å²) in [4.78, 5) is 4.49. The van der Waals surface area contributed by atoms with Crippen molar-refractivity contribution in [3.05, 3.63) is 65.3 Å². The van der Waals surface area contributed by atoms with Crippen molar-refractivity contribution in [1.82, 2.24) is 18.7 Å². The fourth-order valence-corrected chi connectivity index (χ4v) is 5.67. The monoisotopic (exact) mass is 550 g/mol. The molecule has 0 aliphatic rings. The largest absolute Gasteiger partial charge is 0.358 e. The minimum atomic E-state index is -3.80. The zero-order chi connectivity index (χ0) is 23.8. The van der Waals surface area contributed by atoms with Gasteiger partial charge in [-0.05, 0) is 59.8 Å². The molecule has 176 valence electrons. The zero-order valence-corrected chi connectivity index (χ0v) is 22.2. The molecule has 0 N–H and O–H groups in total. The molecule has 0 bridgehead atoms. The van der Waals surface area contributed by atoms with Crippen LogP contribution in [-0.4, -0.2) is 58.3 Å². The van der Waals surface area contributed by atoms with Gasteiger partial charge in [-0.1, -0.05) is 17.7 Å². The number of benzene rings is 1. The second-order valence-electron chi connectivity index (χ2n) is 8.78. The molecule has 3 aromatic heterocycles. The smallest absolute Gasteiger partial charge is 0.268 e. The van der Waals surface area contributed by atoms with E-state index in [1.54, 1.807) is 47.5 Å². The SMILES string of the molecule is Cc1ccc(S(=O)(=O)n2cc(-c3cnn(COCCS(C)(C)C)c3)c3cc(Br)ncc32)cc1. The molecule has 4 aromatic rings. The fourth-order valence-electron chi connectivity index (χ4n) is 3.36. The number of halogens is 1. The number of hydrogen-bond acceptors (Lipinski definition) is 5. The summed E-state index contributed by atoms with van der Waals surface area (Å²) in [6, 6.07) is 8.65. The van der Waals surface area contributed by atoms with Gasteiger partial charge in [-0.3, -0.25) is 0 Å². The second kappa shape index (κ2) is 9.25. The van der Waals surface area contributed by atoms with E-state index in [0.717, 1.165) is 27.8 Å². The Hall–Kier alpha value is -2.14. The Bertz CT molecular complexity index is 1390. The van der Waals surface area contributed by atoms with Crippen molar-refractivity contribution in [2.45, 2.75) is 18.6 Å². The summed E-state index contributed by atoms with van der Waals surface area (Å²) in [7, 11) is -4.40. The molecule has 0 aliphatic heterocycles. The van der Waals surface area contributed by atoms with Gasteiger partial charge in [-0.2, -0.15) is 5.10 Å². The van der Waals surface area contributed by atoms with Gasteiger partial charge in [-0.15, -0.1) is 0 Å². The lowest BCUT2D eigenvalue weighted by atomic mass is 10.1. The lowest BCUT2D eigenvalue weighted by molar-refractivity contribution is 0.0809. The van der Waals surface area contributed by atoms with Crippen LogP contribution in [0.15, 0.2) is 64.6 Å². The predicted octanol–water partition coefficient (Wildman–Crippen LogP) is 4.88. The van der Waals surface area contributed by atoms with Crippen LogP contribution in [0.3, 0.4) is 0 Å². The van der Waals surface area contributed by atoms with Gasteiger partial charge >= 0.3 is 0 Å². The summed E-state index contributed by atoms with van der Waals surface area (Å²) in [6.45, 7) is 2.95. The van der Waals surface area contributed by atoms with E-state index in [1.165, 1.54) is 3.97 Å². The maximum absolute atomic E-state index is 13.4. The molecular weight excluding hydrogens is 524 g/mol. The molecule has 0 fully saturated rings. The number of hydrogen-bond donors (Lipinski definition) is 0. The Morgan fingerprint density at radius 2 is 1.79 bits per heavy atom. The van der Waals surface area contributed by atoms with Gasteiger partial charge in [-0.25, -0.2) is 32.1 Å². The first-order valence-electron chi connectivity index (χ1n) is 10.3. The van der Waals surface area contributed by atoms with Crippen LogP contribution < -0.4 is 0 Å². The summed E-state index contributed by atoms with van der Waals surface area (Å²) in [5.74, 6) is 1.03. The van der Waals surface area contributed by atoms with E-state index in [4.69, 9.17) is 4.74 Å². The third kappa shape index (κ3) is 5.34. The molecule has 0 aliphatic carbocycles. The van der Waals surface area contributed by atoms with Crippen LogP contribution in [0, 0.1) is 6.92 Å². The van der Waals surface area contributed by atoms with Gasteiger partial charge < -0.3 is 4.74 Å². The van der Waals surface area contributed by atoms with Crippen molar-refractivity contribution in [3.8, 4) is 11.1 Å². The van der Waals surface area contributed by atoms with E-state index in [0.29, 0.717) is 23.5 Å². The minimum absolute atomic E-state index is 0.226. The molecule has 0 atom stereocenters. The summed E-state index contributed by atoms with van der Waals surface area (Å²) in [6.07, 6.45) is 13.6. The third-order valence-electron chi connectivity index (χ3n) is 5.21. The maximum atomic E-state index is 13.4. The summed E-state index contributed by atoms with van der Waals surface area (Å²) in [5.41, 5.74) is 3.07. The van der Waals surface area contributed by atoms with E-state index >= 15 is 0 Å². The number of aromatic nitrogens is 4. The van der Waals surface area contributed by atoms with Crippen molar-refractivity contribution < 1.29 is 13.2 Å². The van der Waals surface area contributed by atoms with Gasteiger partial charge in [0.25, 0.3) is 10.0 Å². The van der Waals surface area contributed by atoms with Crippen LogP contribution in [0.2, 0.25) is 0 Å². The highest BCUT2D eigenvalue weighted by Crippen LogP contribution is 2.35. The van der Waals surface area contributed by atoms with Crippen molar-refractivity contribution in [3.63, 3.8) is 0 Å². The third-order valence-corrected chi connectivity index (χ3v) is 8.72. The second-order valence-corrected chi connectivity index (χ2v) is 16.0. The number of ether oxygens (including phenoxy) is 1. The quantitative estimate of drug-likeness (QED) is 0.231. The van der Waals surface area contributed by atoms with Gasteiger partial charge in [0.1, 0.15) is 11.3 Å². The zero-order valence-electron chi connectivity index (χ0n) is 19.0. The molecule has 0 spiro atoms. The molecule has 4 rings (SSSR count). The Balaban J connectivity index is 1.69. The molecule has 0 saturated heterocycles. The molecule has 3 heterocycles.